The third-order valence-corrected chi connectivity index (χ3v) is 5.73. The number of likely N-dealkylation sites (tertiary alicyclic amines) is 1. The molecule has 2 aliphatic heterocycles. The molecule has 2 fully saturated rings. The number of rotatable bonds is 3. The fourth-order valence-corrected chi connectivity index (χ4v) is 4.88. The van der Waals surface area contributed by atoms with Gasteiger partial charge in [0.15, 0.2) is 0 Å². The lowest BCUT2D eigenvalue weighted by Gasteiger charge is -2.27. The van der Waals surface area contributed by atoms with Gasteiger partial charge < -0.3 is 14.7 Å². The van der Waals surface area contributed by atoms with Gasteiger partial charge in [-0.2, -0.15) is 4.31 Å². The Hall–Kier alpha value is -1.94. The SMILES string of the molecule is CNC(=O)[C@@H]1C[C@H]2CN(C(=O)c3ccno3)C[C@H]2N1S(C)(=O)=O. The van der Waals surface area contributed by atoms with E-state index in [-0.39, 0.29) is 36.1 Å². The molecular formula is C13H18N4O5S. The summed E-state index contributed by atoms with van der Waals surface area (Å²) in [6.45, 7) is 0.633. The Labute approximate surface area is 133 Å². The first-order valence-electron chi connectivity index (χ1n) is 7.23. The fourth-order valence-electron chi connectivity index (χ4n) is 3.51. The van der Waals surface area contributed by atoms with Gasteiger partial charge in [-0.25, -0.2) is 8.42 Å². The molecule has 0 radical (unpaired) electrons. The second kappa shape index (κ2) is 5.60. The van der Waals surface area contributed by atoms with E-state index >= 15 is 0 Å². The average molecular weight is 342 g/mol. The molecular weight excluding hydrogens is 324 g/mol. The zero-order valence-corrected chi connectivity index (χ0v) is 13.6. The molecule has 0 saturated carbocycles. The molecule has 23 heavy (non-hydrogen) atoms. The number of nitrogens with one attached hydrogen (secondary N) is 1. The summed E-state index contributed by atoms with van der Waals surface area (Å²) in [6.07, 6.45) is 2.87. The minimum atomic E-state index is -3.57. The number of likely N-dealkylation sites (N-methyl/N-ethyl adjacent to an activating group) is 1. The number of carbonyl (C=O) groups is 2. The summed E-state index contributed by atoms with van der Waals surface area (Å²) in [6, 6.07) is 0.365. The summed E-state index contributed by atoms with van der Waals surface area (Å²) in [5.74, 6) is -0.586. The average Bonchev–Trinajstić information content (AvgIpc) is 3.18. The van der Waals surface area contributed by atoms with Gasteiger partial charge in [0.1, 0.15) is 6.04 Å². The Morgan fingerprint density at radius 3 is 2.70 bits per heavy atom. The van der Waals surface area contributed by atoms with Gasteiger partial charge in [-0.1, -0.05) is 5.16 Å². The van der Waals surface area contributed by atoms with E-state index in [1.165, 1.54) is 23.6 Å². The molecule has 3 rings (SSSR count). The second-order valence-electron chi connectivity index (χ2n) is 5.87. The van der Waals surface area contributed by atoms with Crippen LogP contribution in [0, 0.1) is 5.92 Å². The van der Waals surface area contributed by atoms with Gasteiger partial charge in [-0.05, 0) is 12.3 Å². The Kier molecular flexibility index (Phi) is 3.88. The largest absolute Gasteiger partial charge is 0.358 e. The molecule has 0 bridgehead atoms. The first-order chi connectivity index (χ1) is 10.8. The molecule has 1 aromatic rings. The van der Waals surface area contributed by atoms with Crippen LogP contribution in [0.5, 0.6) is 0 Å². The van der Waals surface area contributed by atoms with Crippen LogP contribution in [0.1, 0.15) is 17.0 Å². The highest BCUT2D eigenvalue weighted by Gasteiger charge is 2.53. The summed E-state index contributed by atoms with van der Waals surface area (Å²) in [5, 5.41) is 6.01. The van der Waals surface area contributed by atoms with Crippen molar-refractivity contribution in [2.75, 3.05) is 26.4 Å². The van der Waals surface area contributed by atoms with Crippen LogP contribution in [0.4, 0.5) is 0 Å². The van der Waals surface area contributed by atoms with Crippen molar-refractivity contribution in [2.24, 2.45) is 5.92 Å². The molecule has 2 amide bonds. The molecule has 0 spiro atoms. The van der Waals surface area contributed by atoms with Gasteiger partial charge in [0.25, 0.3) is 5.91 Å². The molecule has 1 aromatic heterocycles. The van der Waals surface area contributed by atoms with Crippen molar-refractivity contribution in [1.29, 1.82) is 0 Å². The summed E-state index contributed by atoms with van der Waals surface area (Å²) < 4.78 is 30.4. The van der Waals surface area contributed by atoms with Crippen molar-refractivity contribution in [1.82, 2.24) is 19.7 Å². The fraction of sp³-hybridized carbons (Fsp3) is 0.615. The van der Waals surface area contributed by atoms with Crippen LogP contribution in [0.2, 0.25) is 0 Å². The normalized spacial score (nSPS) is 27.9. The van der Waals surface area contributed by atoms with Gasteiger partial charge >= 0.3 is 0 Å². The van der Waals surface area contributed by atoms with Gasteiger partial charge in [-0.15, -0.1) is 0 Å². The van der Waals surface area contributed by atoms with Crippen LogP contribution in [0.25, 0.3) is 0 Å². The second-order valence-corrected chi connectivity index (χ2v) is 7.76. The molecule has 0 aromatic carbocycles. The van der Waals surface area contributed by atoms with E-state index in [0.717, 1.165) is 6.26 Å². The third-order valence-electron chi connectivity index (χ3n) is 4.43. The van der Waals surface area contributed by atoms with Crippen LogP contribution in [0.3, 0.4) is 0 Å². The molecule has 0 unspecified atom stereocenters. The maximum absolute atomic E-state index is 12.3. The summed E-state index contributed by atoms with van der Waals surface area (Å²) in [4.78, 5) is 25.8. The quantitative estimate of drug-likeness (QED) is 0.746. The Balaban J connectivity index is 1.82. The number of carbonyl (C=O) groups excluding carboxylic acids is 2. The Morgan fingerprint density at radius 1 is 1.39 bits per heavy atom. The Morgan fingerprint density at radius 2 is 2.13 bits per heavy atom. The minimum Gasteiger partial charge on any atom is -0.358 e. The van der Waals surface area contributed by atoms with Crippen molar-refractivity contribution < 1.29 is 22.5 Å². The number of sulfonamides is 1. The molecule has 2 saturated heterocycles. The minimum absolute atomic E-state index is 0.0705. The molecule has 3 heterocycles. The number of aromatic nitrogens is 1. The summed E-state index contributed by atoms with van der Waals surface area (Å²) >= 11 is 0. The van der Waals surface area contributed by atoms with Crippen LogP contribution >= 0.6 is 0 Å². The molecule has 0 aliphatic carbocycles. The van der Waals surface area contributed by atoms with Gasteiger partial charge in [0, 0.05) is 32.2 Å². The number of fused-ring (bicyclic) bond motifs is 1. The monoisotopic (exact) mass is 342 g/mol. The van der Waals surface area contributed by atoms with Crippen molar-refractivity contribution in [2.45, 2.75) is 18.5 Å². The van der Waals surface area contributed by atoms with Gasteiger partial charge in [0.05, 0.1) is 12.5 Å². The standard InChI is InChI=1S/C13H18N4O5S/c1-14-12(18)9-5-8-6-16(13(19)11-3-4-15-22-11)7-10(8)17(9)23(2,20)21/h3-4,8-10H,5-7H2,1-2H3,(H,14,18)/t8-,9-,10+/m0/s1. The molecule has 1 N–H and O–H groups in total. The van der Waals surface area contributed by atoms with Crippen LogP contribution in [-0.4, -0.2) is 73.1 Å². The molecule has 10 heteroatoms. The summed E-state index contributed by atoms with van der Waals surface area (Å²) in [5.41, 5.74) is 0. The van der Waals surface area contributed by atoms with E-state index in [9.17, 15) is 18.0 Å². The lowest BCUT2D eigenvalue weighted by Crippen LogP contribution is -2.49. The van der Waals surface area contributed by atoms with E-state index in [1.807, 2.05) is 0 Å². The van der Waals surface area contributed by atoms with E-state index in [4.69, 9.17) is 4.52 Å². The highest BCUT2D eigenvalue weighted by atomic mass is 32.2. The lowest BCUT2D eigenvalue weighted by molar-refractivity contribution is -0.124. The molecule has 9 nitrogen and oxygen atoms in total. The maximum Gasteiger partial charge on any atom is 0.292 e. The van der Waals surface area contributed by atoms with Gasteiger partial charge in [-0.3, -0.25) is 9.59 Å². The zero-order chi connectivity index (χ0) is 16.8. The lowest BCUT2D eigenvalue weighted by atomic mass is 10.0. The maximum atomic E-state index is 12.3. The van der Waals surface area contributed by atoms with Crippen LogP contribution < -0.4 is 5.32 Å². The Bertz CT molecular complexity index is 717. The summed E-state index contributed by atoms with van der Waals surface area (Å²) in [7, 11) is -2.08. The van der Waals surface area contributed by atoms with Crippen LogP contribution in [0.15, 0.2) is 16.8 Å². The van der Waals surface area contributed by atoms with Crippen molar-refractivity contribution in [3.05, 3.63) is 18.0 Å². The first-order valence-corrected chi connectivity index (χ1v) is 9.08. The molecule has 2 aliphatic rings. The van der Waals surface area contributed by atoms with E-state index < -0.39 is 16.1 Å². The number of amides is 2. The van der Waals surface area contributed by atoms with E-state index in [0.29, 0.717) is 13.0 Å². The predicted molar refractivity (Wildman–Crippen MR) is 78.8 cm³/mol. The predicted octanol–water partition coefficient (Wildman–Crippen LogP) is -1.10. The van der Waals surface area contributed by atoms with Crippen molar-refractivity contribution >= 4 is 21.8 Å². The van der Waals surface area contributed by atoms with Crippen molar-refractivity contribution in [3.63, 3.8) is 0 Å². The highest BCUT2D eigenvalue weighted by molar-refractivity contribution is 7.88. The first kappa shape index (κ1) is 15.9. The molecule has 126 valence electrons. The van der Waals surface area contributed by atoms with E-state index in [2.05, 4.69) is 10.5 Å². The number of nitrogens with zero attached hydrogens (tertiary/aromatic N) is 3. The highest BCUT2D eigenvalue weighted by Crippen LogP contribution is 2.37. The topological polar surface area (TPSA) is 113 Å². The van der Waals surface area contributed by atoms with E-state index in [1.54, 1.807) is 4.90 Å². The van der Waals surface area contributed by atoms with Crippen LogP contribution in [-0.2, 0) is 14.8 Å². The number of hydrogen-bond acceptors (Lipinski definition) is 6. The third kappa shape index (κ3) is 2.72. The zero-order valence-electron chi connectivity index (χ0n) is 12.8. The molecule has 3 atom stereocenters. The van der Waals surface area contributed by atoms with Gasteiger partial charge in [0.2, 0.25) is 21.7 Å². The van der Waals surface area contributed by atoms with Crippen molar-refractivity contribution in [3.8, 4) is 0 Å². The smallest absolute Gasteiger partial charge is 0.292 e. The number of hydrogen-bond donors (Lipinski definition) is 1.